The summed E-state index contributed by atoms with van der Waals surface area (Å²) in [5, 5.41) is 3.41. The largest absolute Gasteiger partial charge is 0.378 e. The van der Waals surface area contributed by atoms with Crippen molar-refractivity contribution in [2.24, 2.45) is 0 Å². The summed E-state index contributed by atoms with van der Waals surface area (Å²) in [5.74, 6) is 2.50. The Kier molecular flexibility index (Phi) is 5.25. The highest BCUT2D eigenvalue weighted by atomic mass is 16.5. The van der Waals surface area contributed by atoms with Gasteiger partial charge in [-0.05, 0) is 24.6 Å². The number of benzene rings is 1. The summed E-state index contributed by atoms with van der Waals surface area (Å²) in [6, 6.07) is 14.3. The Morgan fingerprint density at radius 1 is 1.00 bits per heavy atom. The van der Waals surface area contributed by atoms with Crippen LogP contribution in [0.1, 0.15) is 11.1 Å². The average molecular weight is 361 g/mol. The zero-order valence-corrected chi connectivity index (χ0v) is 15.4. The van der Waals surface area contributed by atoms with E-state index in [4.69, 9.17) is 9.72 Å². The van der Waals surface area contributed by atoms with E-state index in [9.17, 15) is 0 Å². The molecule has 0 bridgehead atoms. The third-order valence-corrected chi connectivity index (χ3v) is 4.62. The lowest BCUT2D eigenvalue weighted by molar-refractivity contribution is 0.122. The van der Waals surface area contributed by atoms with Crippen LogP contribution in [-0.2, 0) is 11.3 Å². The second-order valence-corrected chi connectivity index (χ2v) is 6.57. The van der Waals surface area contributed by atoms with Gasteiger partial charge in [-0.2, -0.15) is 0 Å². The van der Waals surface area contributed by atoms with E-state index < -0.39 is 0 Å². The quantitative estimate of drug-likeness (QED) is 0.752. The minimum atomic E-state index is 0.678. The summed E-state index contributed by atoms with van der Waals surface area (Å²) in [6.07, 6.45) is 3.70. The van der Waals surface area contributed by atoms with Gasteiger partial charge < -0.3 is 15.0 Å². The third-order valence-electron chi connectivity index (χ3n) is 4.62. The number of nitrogens with zero attached hydrogens (tertiary/aromatic N) is 4. The second-order valence-electron chi connectivity index (χ2n) is 6.57. The molecule has 1 aromatic carbocycles. The van der Waals surface area contributed by atoms with Crippen LogP contribution in [0.3, 0.4) is 0 Å². The topological polar surface area (TPSA) is 63.2 Å². The summed E-state index contributed by atoms with van der Waals surface area (Å²) in [4.78, 5) is 16.0. The van der Waals surface area contributed by atoms with Crippen molar-refractivity contribution in [2.45, 2.75) is 13.5 Å². The van der Waals surface area contributed by atoms with Gasteiger partial charge in [-0.25, -0.2) is 15.0 Å². The van der Waals surface area contributed by atoms with Crippen LogP contribution in [0.15, 0.2) is 54.9 Å². The summed E-state index contributed by atoms with van der Waals surface area (Å²) in [7, 11) is 0. The first kappa shape index (κ1) is 17.4. The summed E-state index contributed by atoms with van der Waals surface area (Å²) < 4.78 is 5.40. The summed E-state index contributed by atoms with van der Waals surface area (Å²) >= 11 is 0. The van der Waals surface area contributed by atoms with Crippen LogP contribution in [0.5, 0.6) is 0 Å². The molecule has 0 spiro atoms. The highest BCUT2D eigenvalue weighted by Crippen LogP contribution is 2.21. The second kappa shape index (κ2) is 8.14. The molecule has 2 aromatic heterocycles. The number of aryl methyl sites for hydroxylation is 1. The number of aromatic nitrogens is 3. The van der Waals surface area contributed by atoms with Gasteiger partial charge in [0.1, 0.15) is 11.6 Å². The number of hydrogen-bond donors (Lipinski definition) is 1. The first-order chi connectivity index (χ1) is 13.3. The van der Waals surface area contributed by atoms with Crippen molar-refractivity contribution in [3.05, 3.63) is 66.0 Å². The molecule has 1 aliphatic rings. The highest BCUT2D eigenvalue weighted by molar-refractivity contribution is 5.59. The number of ether oxygens (including phenoxy) is 1. The van der Waals surface area contributed by atoms with Gasteiger partial charge in [0.05, 0.1) is 13.2 Å². The monoisotopic (exact) mass is 361 g/mol. The van der Waals surface area contributed by atoms with E-state index in [1.54, 1.807) is 0 Å². The Balaban J connectivity index is 1.50. The molecule has 0 amide bonds. The number of nitrogens with one attached hydrogen (secondary N) is 1. The Labute approximate surface area is 159 Å². The molecule has 0 radical (unpaired) electrons. The van der Waals surface area contributed by atoms with Crippen LogP contribution in [0.2, 0.25) is 0 Å². The Bertz CT molecular complexity index is 877. The lowest BCUT2D eigenvalue weighted by atomic mass is 10.2. The van der Waals surface area contributed by atoms with Gasteiger partial charge in [0, 0.05) is 43.2 Å². The minimum absolute atomic E-state index is 0.678. The Morgan fingerprint density at radius 3 is 2.56 bits per heavy atom. The van der Waals surface area contributed by atoms with Gasteiger partial charge in [-0.1, -0.05) is 30.3 Å². The maximum absolute atomic E-state index is 5.40. The molecule has 0 unspecified atom stereocenters. The predicted molar refractivity (Wildman–Crippen MR) is 107 cm³/mol. The van der Waals surface area contributed by atoms with Crippen molar-refractivity contribution >= 4 is 11.6 Å². The van der Waals surface area contributed by atoms with Gasteiger partial charge in [0.15, 0.2) is 5.82 Å². The molecule has 27 heavy (non-hydrogen) atoms. The van der Waals surface area contributed by atoms with Crippen molar-refractivity contribution in [3.63, 3.8) is 0 Å². The average Bonchev–Trinajstić information content (AvgIpc) is 2.75. The zero-order valence-electron chi connectivity index (χ0n) is 15.4. The van der Waals surface area contributed by atoms with Gasteiger partial charge >= 0.3 is 0 Å². The first-order valence-electron chi connectivity index (χ1n) is 9.20. The van der Waals surface area contributed by atoms with Crippen LogP contribution in [0, 0.1) is 6.92 Å². The normalized spacial score (nSPS) is 14.2. The molecular formula is C21H23N5O. The molecule has 0 aliphatic carbocycles. The molecule has 6 nitrogen and oxygen atoms in total. The number of anilines is 2. The molecule has 1 saturated heterocycles. The van der Waals surface area contributed by atoms with Crippen LogP contribution in [-0.4, -0.2) is 41.3 Å². The third kappa shape index (κ3) is 4.23. The molecule has 0 saturated carbocycles. The Morgan fingerprint density at radius 2 is 1.81 bits per heavy atom. The molecule has 0 atom stereocenters. The Hall–Kier alpha value is -2.99. The summed E-state index contributed by atoms with van der Waals surface area (Å²) in [6.45, 7) is 5.99. The fourth-order valence-electron chi connectivity index (χ4n) is 3.04. The molecule has 4 rings (SSSR count). The number of pyridine rings is 1. The van der Waals surface area contributed by atoms with Gasteiger partial charge in [-0.15, -0.1) is 0 Å². The van der Waals surface area contributed by atoms with E-state index in [1.807, 2.05) is 49.6 Å². The fraction of sp³-hybridized carbons (Fsp3) is 0.286. The van der Waals surface area contributed by atoms with E-state index >= 15 is 0 Å². The molecule has 138 valence electrons. The van der Waals surface area contributed by atoms with Crippen LogP contribution in [0.25, 0.3) is 11.4 Å². The van der Waals surface area contributed by atoms with E-state index in [2.05, 4.69) is 32.3 Å². The van der Waals surface area contributed by atoms with Crippen LogP contribution < -0.4 is 10.2 Å². The SMILES string of the molecule is Cc1cnc(-c2ccc(N3CCOCC3)nc2)nc1NCc1ccccc1. The van der Waals surface area contributed by atoms with E-state index in [1.165, 1.54) is 5.56 Å². The molecule has 6 heteroatoms. The predicted octanol–water partition coefficient (Wildman–Crippen LogP) is 3.30. The zero-order chi connectivity index (χ0) is 18.5. The van der Waals surface area contributed by atoms with E-state index in [0.717, 1.165) is 55.6 Å². The van der Waals surface area contributed by atoms with E-state index in [-0.39, 0.29) is 0 Å². The summed E-state index contributed by atoms with van der Waals surface area (Å²) in [5.41, 5.74) is 3.15. The van der Waals surface area contributed by atoms with Crippen molar-refractivity contribution in [1.29, 1.82) is 0 Å². The molecular weight excluding hydrogens is 338 g/mol. The van der Waals surface area contributed by atoms with Gasteiger partial charge in [0.25, 0.3) is 0 Å². The number of morpholine rings is 1. The van der Waals surface area contributed by atoms with Crippen molar-refractivity contribution in [1.82, 2.24) is 15.0 Å². The standard InChI is InChI=1S/C21H23N5O/c1-16-13-23-21(25-20(16)24-14-17-5-3-2-4-6-17)18-7-8-19(22-15-18)26-9-11-27-12-10-26/h2-8,13,15H,9-12,14H2,1H3,(H,23,24,25). The molecule has 3 aromatic rings. The molecule has 1 N–H and O–H groups in total. The molecule has 1 fully saturated rings. The molecule has 1 aliphatic heterocycles. The number of hydrogen-bond acceptors (Lipinski definition) is 6. The van der Waals surface area contributed by atoms with Crippen molar-refractivity contribution < 1.29 is 4.74 Å². The fourth-order valence-corrected chi connectivity index (χ4v) is 3.04. The first-order valence-corrected chi connectivity index (χ1v) is 9.20. The maximum atomic E-state index is 5.40. The lowest BCUT2D eigenvalue weighted by Crippen LogP contribution is -2.36. The highest BCUT2D eigenvalue weighted by Gasteiger charge is 2.13. The minimum Gasteiger partial charge on any atom is -0.378 e. The maximum Gasteiger partial charge on any atom is 0.163 e. The van der Waals surface area contributed by atoms with Crippen molar-refractivity contribution in [2.75, 3.05) is 36.5 Å². The smallest absolute Gasteiger partial charge is 0.163 e. The van der Waals surface area contributed by atoms with E-state index in [0.29, 0.717) is 5.82 Å². The lowest BCUT2D eigenvalue weighted by Gasteiger charge is -2.27. The van der Waals surface area contributed by atoms with Crippen LogP contribution >= 0.6 is 0 Å². The van der Waals surface area contributed by atoms with Crippen molar-refractivity contribution in [3.8, 4) is 11.4 Å². The van der Waals surface area contributed by atoms with Gasteiger partial charge in [-0.3, -0.25) is 0 Å². The number of rotatable bonds is 5. The van der Waals surface area contributed by atoms with Gasteiger partial charge in [0.2, 0.25) is 0 Å². The molecule has 3 heterocycles. The van der Waals surface area contributed by atoms with Crippen LogP contribution in [0.4, 0.5) is 11.6 Å².